The standard InChI is InChI=1S/C15H24N4O/c1-5-16-14(13-6-7-20-12(13)4)8-15-17-10-18-19(15)9-11(2)3/h6-7,10-11,14,16H,5,8-9H2,1-4H3. The van der Waals surface area contributed by atoms with Gasteiger partial charge in [0, 0.05) is 24.6 Å². The van der Waals surface area contributed by atoms with Gasteiger partial charge in [0.05, 0.1) is 6.26 Å². The minimum atomic E-state index is 0.217. The Morgan fingerprint density at radius 2 is 2.20 bits per heavy atom. The number of nitrogens with one attached hydrogen (secondary N) is 1. The Morgan fingerprint density at radius 3 is 2.80 bits per heavy atom. The highest BCUT2D eigenvalue weighted by molar-refractivity contribution is 5.21. The molecule has 1 atom stereocenters. The summed E-state index contributed by atoms with van der Waals surface area (Å²) in [5.41, 5.74) is 1.20. The lowest BCUT2D eigenvalue weighted by atomic mass is 10.0. The van der Waals surface area contributed by atoms with Crippen LogP contribution in [0.1, 0.15) is 44.0 Å². The molecule has 0 bridgehead atoms. The summed E-state index contributed by atoms with van der Waals surface area (Å²) in [6.45, 7) is 10.3. The quantitative estimate of drug-likeness (QED) is 0.845. The zero-order chi connectivity index (χ0) is 14.5. The van der Waals surface area contributed by atoms with Gasteiger partial charge in [0.25, 0.3) is 0 Å². The minimum absolute atomic E-state index is 0.217. The number of hydrogen-bond acceptors (Lipinski definition) is 4. The van der Waals surface area contributed by atoms with Crippen molar-refractivity contribution in [2.45, 2.75) is 46.7 Å². The van der Waals surface area contributed by atoms with Crippen LogP contribution < -0.4 is 5.32 Å². The van der Waals surface area contributed by atoms with Gasteiger partial charge in [0.2, 0.25) is 0 Å². The van der Waals surface area contributed by atoms with Crippen LogP contribution in [0.25, 0.3) is 0 Å². The number of aryl methyl sites for hydroxylation is 1. The molecule has 2 heterocycles. The Kier molecular flexibility index (Phi) is 4.95. The first-order valence-corrected chi connectivity index (χ1v) is 7.25. The molecule has 2 rings (SSSR count). The van der Waals surface area contributed by atoms with Crippen molar-refractivity contribution in [3.63, 3.8) is 0 Å². The molecule has 0 saturated carbocycles. The molecule has 5 heteroatoms. The maximum Gasteiger partial charge on any atom is 0.138 e. The molecule has 0 radical (unpaired) electrons. The maximum atomic E-state index is 5.42. The summed E-state index contributed by atoms with van der Waals surface area (Å²) in [7, 11) is 0. The first-order chi connectivity index (χ1) is 9.61. The smallest absolute Gasteiger partial charge is 0.138 e. The van der Waals surface area contributed by atoms with Crippen LogP contribution in [0.15, 0.2) is 23.1 Å². The average molecular weight is 276 g/mol. The number of likely N-dealkylation sites (N-methyl/N-ethyl adjacent to an activating group) is 1. The number of hydrogen-bond donors (Lipinski definition) is 1. The molecule has 0 aliphatic heterocycles. The summed E-state index contributed by atoms with van der Waals surface area (Å²) >= 11 is 0. The second-order valence-corrected chi connectivity index (χ2v) is 5.50. The maximum absolute atomic E-state index is 5.42. The Balaban J connectivity index is 2.17. The highest BCUT2D eigenvalue weighted by Gasteiger charge is 2.18. The van der Waals surface area contributed by atoms with Crippen LogP contribution >= 0.6 is 0 Å². The Labute approximate surface area is 120 Å². The van der Waals surface area contributed by atoms with Crippen molar-refractivity contribution in [3.05, 3.63) is 35.8 Å². The lowest BCUT2D eigenvalue weighted by molar-refractivity contribution is 0.443. The molecule has 1 unspecified atom stereocenters. The molecule has 0 spiro atoms. The van der Waals surface area contributed by atoms with E-state index in [1.165, 1.54) is 5.56 Å². The van der Waals surface area contributed by atoms with Crippen molar-refractivity contribution < 1.29 is 4.42 Å². The summed E-state index contributed by atoms with van der Waals surface area (Å²) in [5, 5.41) is 7.83. The normalized spacial score (nSPS) is 13.1. The van der Waals surface area contributed by atoms with Crippen molar-refractivity contribution in [1.82, 2.24) is 20.1 Å². The monoisotopic (exact) mass is 276 g/mol. The molecule has 2 aromatic rings. The van der Waals surface area contributed by atoms with E-state index in [4.69, 9.17) is 4.42 Å². The summed E-state index contributed by atoms with van der Waals surface area (Å²) in [5.74, 6) is 2.54. The zero-order valence-electron chi connectivity index (χ0n) is 12.8. The van der Waals surface area contributed by atoms with Crippen molar-refractivity contribution in [3.8, 4) is 0 Å². The van der Waals surface area contributed by atoms with Gasteiger partial charge < -0.3 is 9.73 Å². The summed E-state index contributed by atoms with van der Waals surface area (Å²) in [6, 6.07) is 2.25. The topological polar surface area (TPSA) is 55.9 Å². The van der Waals surface area contributed by atoms with Crippen molar-refractivity contribution >= 4 is 0 Å². The first kappa shape index (κ1) is 14.8. The fourth-order valence-corrected chi connectivity index (χ4v) is 2.42. The highest BCUT2D eigenvalue weighted by Crippen LogP contribution is 2.22. The predicted molar refractivity (Wildman–Crippen MR) is 78.4 cm³/mol. The van der Waals surface area contributed by atoms with E-state index in [0.717, 1.165) is 31.1 Å². The molecule has 0 amide bonds. The molecule has 5 nitrogen and oxygen atoms in total. The molecule has 0 aromatic carbocycles. The third-order valence-corrected chi connectivity index (χ3v) is 3.35. The summed E-state index contributed by atoms with van der Waals surface area (Å²) in [4.78, 5) is 4.41. The van der Waals surface area contributed by atoms with Gasteiger partial charge in [-0.3, -0.25) is 0 Å². The van der Waals surface area contributed by atoms with E-state index < -0.39 is 0 Å². The van der Waals surface area contributed by atoms with Gasteiger partial charge in [0.1, 0.15) is 17.9 Å². The van der Waals surface area contributed by atoms with Crippen molar-refractivity contribution in [2.24, 2.45) is 5.92 Å². The van der Waals surface area contributed by atoms with Gasteiger partial charge in [-0.2, -0.15) is 5.10 Å². The Hall–Kier alpha value is -1.62. The molecule has 110 valence electrons. The first-order valence-electron chi connectivity index (χ1n) is 7.25. The van der Waals surface area contributed by atoms with Crippen LogP contribution in [0, 0.1) is 12.8 Å². The van der Waals surface area contributed by atoms with Crippen LogP contribution in [0.3, 0.4) is 0 Å². The average Bonchev–Trinajstić information content (AvgIpc) is 2.98. The zero-order valence-corrected chi connectivity index (χ0v) is 12.8. The van der Waals surface area contributed by atoms with Crippen molar-refractivity contribution in [2.75, 3.05) is 6.54 Å². The molecule has 0 aliphatic rings. The molecule has 20 heavy (non-hydrogen) atoms. The lowest BCUT2D eigenvalue weighted by Crippen LogP contribution is -2.25. The van der Waals surface area contributed by atoms with E-state index in [9.17, 15) is 0 Å². The van der Waals surface area contributed by atoms with E-state index in [-0.39, 0.29) is 6.04 Å². The molecule has 0 saturated heterocycles. The minimum Gasteiger partial charge on any atom is -0.469 e. The van der Waals surface area contributed by atoms with E-state index in [1.54, 1.807) is 12.6 Å². The van der Waals surface area contributed by atoms with E-state index in [0.29, 0.717) is 5.92 Å². The molecule has 0 fully saturated rings. The lowest BCUT2D eigenvalue weighted by Gasteiger charge is -2.18. The second-order valence-electron chi connectivity index (χ2n) is 5.50. The van der Waals surface area contributed by atoms with Crippen LogP contribution in [0.4, 0.5) is 0 Å². The van der Waals surface area contributed by atoms with Gasteiger partial charge in [-0.1, -0.05) is 20.8 Å². The number of furan rings is 1. The van der Waals surface area contributed by atoms with Crippen molar-refractivity contribution in [1.29, 1.82) is 0 Å². The molecule has 1 N–H and O–H groups in total. The third-order valence-electron chi connectivity index (χ3n) is 3.35. The van der Waals surface area contributed by atoms with Gasteiger partial charge >= 0.3 is 0 Å². The predicted octanol–water partition coefficient (Wildman–Crippen LogP) is 2.73. The molecular formula is C15H24N4O. The van der Waals surface area contributed by atoms with E-state index >= 15 is 0 Å². The van der Waals surface area contributed by atoms with Gasteiger partial charge in [-0.05, 0) is 25.5 Å². The number of nitrogens with zero attached hydrogens (tertiary/aromatic N) is 3. The van der Waals surface area contributed by atoms with E-state index in [2.05, 4.69) is 36.2 Å². The summed E-state index contributed by atoms with van der Waals surface area (Å²) in [6.07, 6.45) is 4.21. The van der Waals surface area contributed by atoms with Gasteiger partial charge in [-0.25, -0.2) is 9.67 Å². The molecular weight excluding hydrogens is 252 g/mol. The fourth-order valence-electron chi connectivity index (χ4n) is 2.42. The van der Waals surface area contributed by atoms with Crippen LogP contribution in [0.5, 0.6) is 0 Å². The molecule has 2 aromatic heterocycles. The summed E-state index contributed by atoms with van der Waals surface area (Å²) < 4.78 is 7.43. The van der Waals surface area contributed by atoms with Crippen LogP contribution in [-0.4, -0.2) is 21.3 Å². The van der Waals surface area contributed by atoms with Gasteiger partial charge in [0.15, 0.2) is 0 Å². The Bertz CT molecular complexity index is 529. The number of aromatic nitrogens is 3. The number of rotatable bonds is 7. The largest absolute Gasteiger partial charge is 0.469 e. The SMILES string of the molecule is CCNC(Cc1ncnn1CC(C)C)c1ccoc1C. The van der Waals surface area contributed by atoms with Crippen LogP contribution in [0.2, 0.25) is 0 Å². The van der Waals surface area contributed by atoms with Crippen LogP contribution in [-0.2, 0) is 13.0 Å². The third kappa shape index (κ3) is 3.48. The molecule has 0 aliphatic carbocycles. The second kappa shape index (κ2) is 6.70. The van der Waals surface area contributed by atoms with Gasteiger partial charge in [-0.15, -0.1) is 0 Å². The fraction of sp³-hybridized carbons (Fsp3) is 0.600. The van der Waals surface area contributed by atoms with E-state index in [1.807, 2.05) is 17.7 Å². The highest BCUT2D eigenvalue weighted by atomic mass is 16.3. The Morgan fingerprint density at radius 1 is 1.40 bits per heavy atom.